The van der Waals surface area contributed by atoms with E-state index in [0.29, 0.717) is 22.8 Å². The molecule has 4 heterocycles. The number of halogens is 3. The lowest BCUT2D eigenvalue weighted by Gasteiger charge is -2.39. The van der Waals surface area contributed by atoms with Crippen LogP contribution < -0.4 is 10.6 Å². The first kappa shape index (κ1) is 26.6. The molecule has 11 heteroatoms. The normalized spacial score (nSPS) is 18.7. The Morgan fingerprint density at radius 3 is 2.45 bits per heavy atom. The maximum absolute atomic E-state index is 13.1. The predicted molar refractivity (Wildman–Crippen MR) is 138 cm³/mol. The van der Waals surface area contributed by atoms with Gasteiger partial charge >= 0.3 is 6.18 Å². The average molecular weight is 531 g/mol. The number of alkyl halides is 3. The van der Waals surface area contributed by atoms with E-state index in [4.69, 9.17) is 5.10 Å². The number of hydrogen-bond donors (Lipinski definition) is 3. The lowest BCUT2D eigenvalue weighted by Crippen LogP contribution is -2.46. The maximum Gasteiger partial charge on any atom is 0.433 e. The molecule has 1 aromatic carbocycles. The zero-order chi connectivity index (χ0) is 27.1. The van der Waals surface area contributed by atoms with E-state index in [1.807, 2.05) is 10.9 Å². The van der Waals surface area contributed by atoms with Crippen LogP contribution in [0.4, 0.5) is 18.9 Å². The molecule has 2 aromatic heterocycles. The summed E-state index contributed by atoms with van der Waals surface area (Å²) in [5.74, 6) is -0.793. The summed E-state index contributed by atoms with van der Waals surface area (Å²) in [7, 11) is 0. The summed E-state index contributed by atoms with van der Waals surface area (Å²) in [5, 5.41) is 22.4. The highest BCUT2D eigenvalue weighted by atomic mass is 19.4. The van der Waals surface area contributed by atoms with Crippen molar-refractivity contribution in [3.63, 3.8) is 0 Å². The summed E-state index contributed by atoms with van der Waals surface area (Å²) in [5.41, 5.74) is -1.44. The number of nitrogens with zero attached hydrogens (tertiary/aromatic N) is 4. The third-order valence-corrected chi connectivity index (χ3v) is 7.54. The van der Waals surface area contributed by atoms with Gasteiger partial charge in [-0.05, 0) is 76.9 Å². The van der Waals surface area contributed by atoms with E-state index in [0.717, 1.165) is 56.5 Å². The molecule has 2 aliphatic heterocycles. The third kappa shape index (κ3) is 5.69. The summed E-state index contributed by atoms with van der Waals surface area (Å²) in [6, 6.07) is 7.51. The molecule has 0 saturated carbocycles. The number of carbonyl (C=O) groups excluding carboxylic acids is 1. The van der Waals surface area contributed by atoms with Gasteiger partial charge in [0.2, 0.25) is 0 Å². The Morgan fingerprint density at radius 2 is 1.79 bits per heavy atom. The number of rotatable bonds is 5. The van der Waals surface area contributed by atoms with Crippen molar-refractivity contribution < 1.29 is 23.1 Å². The van der Waals surface area contributed by atoms with Crippen LogP contribution in [0.1, 0.15) is 67.3 Å². The third-order valence-electron chi connectivity index (χ3n) is 7.54. The molecule has 3 N–H and O–H groups in total. The Labute approximate surface area is 219 Å². The Bertz CT molecular complexity index is 1300. The van der Waals surface area contributed by atoms with Crippen LogP contribution in [0.3, 0.4) is 0 Å². The lowest BCUT2D eigenvalue weighted by molar-refractivity contribution is -0.141. The summed E-state index contributed by atoms with van der Waals surface area (Å²) in [6.07, 6.45) is 1.61. The zero-order valence-corrected chi connectivity index (χ0v) is 21.6. The SMILES string of the molecule is CC(C)(O)c1cc2nn(C3CCN(C4CCNCC4)CC3)cc2cc1NC(=O)c1cccc(C(F)(F)F)n1. The van der Waals surface area contributed by atoms with Crippen LogP contribution in [0.15, 0.2) is 36.5 Å². The molecule has 0 atom stereocenters. The number of carbonyl (C=O) groups is 1. The molecule has 0 radical (unpaired) electrons. The van der Waals surface area contributed by atoms with Crippen molar-refractivity contribution in [1.29, 1.82) is 0 Å². The zero-order valence-electron chi connectivity index (χ0n) is 21.6. The van der Waals surface area contributed by atoms with Crippen molar-refractivity contribution in [2.24, 2.45) is 0 Å². The molecular weight excluding hydrogens is 497 g/mol. The van der Waals surface area contributed by atoms with Gasteiger partial charge in [-0.25, -0.2) is 4.98 Å². The van der Waals surface area contributed by atoms with E-state index >= 15 is 0 Å². The molecular formula is C27H33F3N6O2. The molecule has 5 rings (SSSR count). The van der Waals surface area contributed by atoms with Gasteiger partial charge in [-0.3, -0.25) is 9.48 Å². The van der Waals surface area contributed by atoms with Gasteiger partial charge < -0.3 is 20.6 Å². The summed E-state index contributed by atoms with van der Waals surface area (Å²) in [6.45, 7) is 7.35. The average Bonchev–Trinajstić information content (AvgIpc) is 3.31. The number of piperidine rings is 2. The molecule has 0 bridgehead atoms. The van der Waals surface area contributed by atoms with E-state index in [1.54, 1.807) is 26.0 Å². The van der Waals surface area contributed by atoms with Gasteiger partial charge in [-0.1, -0.05) is 6.07 Å². The van der Waals surface area contributed by atoms with Gasteiger partial charge in [0.25, 0.3) is 5.91 Å². The van der Waals surface area contributed by atoms with E-state index < -0.39 is 23.4 Å². The lowest BCUT2D eigenvalue weighted by atomic mass is 9.95. The molecule has 2 fully saturated rings. The first-order valence-electron chi connectivity index (χ1n) is 13.1. The van der Waals surface area contributed by atoms with E-state index in [2.05, 4.69) is 20.5 Å². The minimum Gasteiger partial charge on any atom is -0.386 e. The number of pyridine rings is 1. The topological polar surface area (TPSA) is 95.3 Å². The number of nitrogens with one attached hydrogen (secondary N) is 2. The minimum atomic E-state index is -4.66. The Morgan fingerprint density at radius 1 is 1.08 bits per heavy atom. The number of anilines is 1. The van der Waals surface area contributed by atoms with Gasteiger partial charge in [0.1, 0.15) is 11.4 Å². The predicted octanol–water partition coefficient (Wildman–Crippen LogP) is 4.32. The van der Waals surface area contributed by atoms with E-state index in [1.165, 1.54) is 18.9 Å². The number of aromatic nitrogens is 3. The van der Waals surface area contributed by atoms with Crippen molar-refractivity contribution in [3.05, 3.63) is 53.5 Å². The van der Waals surface area contributed by atoms with Gasteiger partial charge in [-0.2, -0.15) is 18.3 Å². The summed E-state index contributed by atoms with van der Waals surface area (Å²) < 4.78 is 41.2. The van der Waals surface area contributed by atoms with Crippen molar-refractivity contribution in [2.45, 2.75) is 63.4 Å². The summed E-state index contributed by atoms with van der Waals surface area (Å²) in [4.78, 5) is 18.9. The van der Waals surface area contributed by atoms with Crippen LogP contribution in [-0.4, -0.2) is 62.9 Å². The van der Waals surface area contributed by atoms with Crippen LogP contribution in [0.2, 0.25) is 0 Å². The molecule has 1 amide bonds. The molecule has 0 spiro atoms. The minimum absolute atomic E-state index is 0.248. The van der Waals surface area contributed by atoms with Gasteiger partial charge in [0.05, 0.1) is 17.2 Å². The molecule has 3 aromatic rings. The molecule has 0 aliphatic carbocycles. The van der Waals surface area contributed by atoms with E-state index in [9.17, 15) is 23.1 Å². The highest BCUT2D eigenvalue weighted by Crippen LogP contribution is 2.34. The number of aliphatic hydroxyl groups is 1. The second kappa shape index (κ2) is 10.3. The highest BCUT2D eigenvalue weighted by Gasteiger charge is 2.33. The molecule has 8 nitrogen and oxygen atoms in total. The highest BCUT2D eigenvalue weighted by molar-refractivity contribution is 6.04. The molecule has 38 heavy (non-hydrogen) atoms. The fraction of sp³-hybridized carbons (Fsp3) is 0.519. The van der Waals surface area contributed by atoms with Crippen LogP contribution in [-0.2, 0) is 11.8 Å². The quantitative estimate of drug-likeness (QED) is 0.455. The number of amides is 1. The van der Waals surface area contributed by atoms with Crippen LogP contribution in [0.25, 0.3) is 10.9 Å². The molecule has 2 saturated heterocycles. The Balaban J connectivity index is 1.37. The molecule has 204 valence electrons. The molecule has 0 unspecified atom stereocenters. The van der Waals surface area contributed by atoms with Gasteiger partial charge in [0, 0.05) is 42.0 Å². The smallest absolute Gasteiger partial charge is 0.386 e. The van der Waals surface area contributed by atoms with Crippen molar-refractivity contribution in [2.75, 3.05) is 31.5 Å². The number of fused-ring (bicyclic) bond motifs is 1. The van der Waals surface area contributed by atoms with Crippen LogP contribution >= 0.6 is 0 Å². The second-order valence-corrected chi connectivity index (χ2v) is 10.7. The van der Waals surface area contributed by atoms with Crippen molar-refractivity contribution in [3.8, 4) is 0 Å². The Hall–Kier alpha value is -3.02. The van der Waals surface area contributed by atoms with Crippen LogP contribution in [0, 0.1) is 0 Å². The van der Waals surface area contributed by atoms with Crippen LogP contribution in [0.5, 0.6) is 0 Å². The standard InChI is InChI=1S/C27H33F3N6O2/c1-26(2,38)20-15-22-17(14-23(20)33-25(37)21-4-3-5-24(32-21)27(28,29)30)16-36(34-22)19-8-12-35(13-9-19)18-6-10-31-11-7-18/h3-5,14-16,18-19,31,38H,6-13H2,1-2H3,(H,33,37). The summed E-state index contributed by atoms with van der Waals surface area (Å²) >= 11 is 0. The fourth-order valence-electron chi connectivity index (χ4n) is 5.48. The Kier molecular flexibility index (Phi) is 7.19. The number of benzene rings is 1. The van der Waals surface area contributed by atoms with Gasteiger partial charge in [0.15, 0.2) is 0 Å². The van der Waals surface area contributed by atoms with E-state index in [-0.39, 0.29) is 11.7 Å². The first-order valence-corrected chi connectivity index (χ1v) is 13.1. The fourth-order valence-corrected chi connectivity index (χ4v) is 5.48. The molecule has 2 aliphatic rings. The monoisotopic (exact) mass is 530 g/mol. The first-order chi connectivity index (χ1) is 18.0. The van der Waals surface area contributed by atoms with Crippen molar-refractivity contribution in [1.82, 2.24) is 25.0 Å². The number of hydrogen-bond acceptors (Lipinski definition) is 6. The van der Waals surface area contributed by atoms with Gasteiger partial charge in [-0.15, -0.1) is 0 Å². The van der Waals surface area contributed by atoms with Crippen molar-refractivity contribution >= 4 is 22.5 Å². The second-order valence-electron chi connectivity index (χ2n) is 10.7. The number of likely N-dealkylation sites (tertiary alicyclic amines) is 1. The maximum atomic E-state index is 13.1. The largest absolute Gasteiger partial charge is 0.433 e.